The van der Waals surface area contributed by atoms with Crippen LogP contribution in [0.1, 0.15) is 12.0 Å². The Morgan fingerprint density at radius 3 is 1.95 bits per heavy atom. The van der Waals surface area contributed by atoms with Crippen molar-refractivity contribution in [2.75, 3.05) is 54.8 Å². The van der Waals surface area contributed by atoms with Gasteiger partial charge in [-0.3, -0.25) is 9.59 Å². The van der Waals surface area contributed by atoms with Crippen LogP contribution in [-0.4, -0.2) is 63.5 Å². The first kappa shape index (κ1) is 26.7. The number of amides is 4. The van der Waals surface area contributed by atoms with Crippen LogP contribution < -0.4 is 20.0 Å². The molecule has 1 fully saturated rings. The van der Waals surface area contributed by atoms with Gasteiger partial charge in [-0.25, -0.2) is 14.1 Å². The SMILES string of the molecule is CN(C)c1ccc(CCN2C(=O)N(c3ccc(F)cc3)C(=O)C2CC(=O)Nc2ccc(N(C)C)cc2)cc1. The first-order valence-electron chi connectivity index (χ1n) is 12.4. The van der Waals surface area contributed by atoms with E-state index in [2.05, 4.69) is 5.32 Å². The van der Waals surface area contributed by atoms with E-state index in [4.69, 9.17) is 0 Å². The second-order valence-electron chi connectivity index (χ2n) is 9.65. The molecular formula is C29H32FN5O3. The average molecular weight is 518 g/mol. The zero-order chi connectivity index (χ0) is 27.4. The Balaban J connectivity index is 1.52. The fourth-order valence-corrected chi connectivity index (χ4v) is 4.36. The maximum absolute atomic E-state index is 13.5. The first-order chi connectivity index (χ1) is 18.1. The van der Waals surface area contributed by atoms with Gasteiger partial charge in [0.05, 0.1) is 12.1 Å². The van der Waals surface area contributed by atoms with Gasteiger partial charge in [-0.05, 0) is 72.6 Å². The molecular weight excluding hydrogens is 485 g/mol. The largest absolute Gasteiger partial charge is 0.378 e. The van der Waals surface area contributed by atoms with Crippen LogP contribution in [0, 0.1) is 5.82 Å². The number of halogens is 1. The molecule has 0 saturated carbocycles. The fraction of sp³-hybridized carbons (Fsp3) is 0.276. The van der Waals surface area contributed by atoms with Gasteiger partial charge in [-0.15, -0.1) is 0 Å². The molecule has 1 unspecified atom stereocenters. The van der Waals surface area contributed by atoms with Crippen molar-refractivity contribution in [3.63, 3.8) is 0 Å². The van der Waals surface area contributed by atoms with Gasteiger partial charge in [-0.2, -0.15) is 0 Å². The highest BCUT2D eigenvalue weighted by molar-refractivity contribution is 6.22. The van der Waals surface area contributed by atoms with Crippen molar-refractivity contribution < 1.29 is 18.8 Å². The predicted octanol–water partition coefficient (Wildman–Crippen LogP) is 4.37. The molecule has 8 nitrogen and oxygen atoms in total. The number of hydrogen-bond donors (Lipinski definition) is 1. The maximum atomic E-state index is 13.5. The minimum absolute atomic E-state index is 0.197. The summed E-state index contributed by atoms with van der Waals surface area (Å²) in [6, 6.07) is 18.9. The fourth-order valence-electron chi connectivity index (χ4n) is 4.36. The van der Waals surface area contributed by atoms with Gasteiger partial charge in [-0.1, -0.05) is 12.1 Å². The molecule has 1 aliphatic rings. The molecule has 9 heteroatoms. The van der Waals surface area contributed by atoms with Crippen molar-refractivity contribution in [3.05, 3.63) is 84.2 Å². The van der Waals surface area contributed by atoms with E-state index in [1.54, 1.807) is 12.1 Å². The van der Waals surface area contributed by atoms with Gasteiger partial charge in [0.2, 0.25) is 5.91 Å². The molecule has 4 amide bonds. The van der Waals surface area contributed by atoms with Crippen molar-refractivity contribution in [2.24, 2.45) is 0 Å². The van der Waals surface area contributed by atoms with E-state index in [1.165, 1.54) is 29.2 Å². The number of nitrogens with one attached hydrogen (secondary N) is 1. The number of hydrogen-bond acceptors (Lipinski definition) is 5. The Morgan fingerprint density at radius 1 is 0.842 bits per heavy atom. The number of urea groups is 1. The Morgan fingerprint density at radius 2 is 1.39 bits per heavy atom. The number of anilines is 4. The normalized spacial score (nSPS) is 15.1. The summed E-state index contributed by atoms with van der Waals surface area (Å²) in [6.45, 7) is 0.249. The standard InChI is InChI=1S/C29H32FN5O3/c1-32(2)23-11-5-20(6-12-23)17-18-34-26(19-27(36)31-22-9-15-24(16-10-22)33(3)4)28(37)35(29(34)38)25-13-7-21(30)8-14-25/h5-16,26H,17-19H2,1-4H3,(H,31,36). The number of nitrogens with zero attached hydrogens (tertiary/aromatic N) is 4. The first-order valence-corrected chi connectivity index (χ1v) is 12.4. The van der Waals surface area contributed by atoms with Crippen LogP contribution in [0.15, 0.2) is 72.8 Å². The van der Waals surface area contributed by atoms with E-state index in [9.17, 15) is 18.8 Å². The number of imide groups is 1. The quantitative estimate of drug-likeness (QED) is 0.427. The summed E-state index contributed by atoms with van der Waals surface area (Å²) in [4.78, 5) is 46.2. The predicted molar refractivity (Wildman–Crippen MR) is 148 cm³/mol. The van der Waals surface area contributed by atoms with Crippen molar-refractivity contribution in [1.29, 1.82) is 0 Å². The molecule has 4 rings (SSSR count). The molecule has 1 N–H and O–H groups in total. The van der Waals surface area contributed by atoms with Crippen LogP contribution >= 0.6 is 0 Å². The second kappa shape index (κ2) is 11.3. The highest BCUT2D eigenvalue weighted by Gasteiger charge is 2.46. The van der Waals surface area contributed by atoms with Crippen molar-refractivity contribution >= 4 is 40.6 Å². The number of carbonyl (C=O) groups excluding carboxylic acids is 3. The molecule has 3 aromatic carbocycles. The number of rotatable bonds is 9. The Bertz CT molecular complexity index is 1290. The van der Waals surface area contributed by atoms with Crippen LogP contribution in [0.4, 0.5) is 31.9 Å². The third-order valence-electron chi connectivity index (χ3n) is 6.54. The summed E-state index contributed by atoms with van der Waals surface area (Å²) in [6.07, 6.45) is 0.311. The Kier molecular flexibility index (Phi) is 7.95. The molecule has 38 heavy (non-hydrogen) atoms. The van der Waals surface area contributed by atoms with E-state index in [0.717, 1.165) is 21.8 Å². The Hall–Kier alpha value is -4.40. The molecule has 1 aliphatic heterocycles. The van der Waals surface area contributed by atoms with E-state index in [-0.39, 0.29) is 24.6 Å². The van der Waals surface area contributed by atoms with Gasteiger partial charge in [0.15, 0.2) is 0 Å². The van der Waals surface area contributed by atoms with E-state index in [0.29, 0.717) is 12.1 Å². The molecule has 0 spiro atoms. The van der Waals surface area contributed by atoms with Gasteiger partial charge < -0.3 is 20.0 Å². The lowest BCUT2D eigenvalue weighted by molar-refractivity contribution is -0.124. The van der Waals surface area contributed by atoms with Crippen LogP contribution in [0.25, 0.3) is 0 Å². The highest BCUT2D eigenvalue weighted by Crippen LogP contribution is 2.28. The molecule has 198 valence electrons. The zero-order valence-corrected chi connectivity index (χ0v) is 22.0. The van der Waals surface area contributed by atoms with Gasteiger partial charge in [0.1, 0.15) is 11.9 Å². The van der Waals surface area contributed by atoms with Crippen molar-refractivity contribution in [2.45, 2.75) is 18.9 Å². The second-order valence-corrected chi connectivity index (χ2v) is 9.65. The van der Waals surface area contributed by atoms with Gasteiger partial charge >= 0.3 is 6.03 Å². The molecule has 0 radical (unpaired) electrons. The molecule has 0 aromatic heterocycles. The molecule has 1 saturated heterocycles. The van der Waals surface area contributed by atoms with E-state index in [1.807, 2.05) is 74.4 Å². The summed E-state index contributed by atoms with van der Waals surface area (Å²) in [5, 5.41) is 2.82. The smallest absolute Gasteiger partial charge is 0.332 e. The highest BCUT2D eigenvalue weighted by atomic mass is 19.1. The summed E-state index contributed by atoms with van der Waals surface area (Å²) in [7, 11) is 7.77. The third kappa shape index (κ3) is 5.94. The van der Waals surface area contributed by atoms with Crippen LogP contribution in [0.5, 0.6) is 0 Å². The monoisotopic (exact) mass is 517 g/mol. The summed E-state index contributed by atoms with van der Waals surface area (Å²) >= 11 is 0. The summed E-state index contributed by atoms with van der Waals surface area (Å²) in [5.74, 6) is -1.36. The maximum Gasteiger partial charge on any atom is 0.332 e. The van der Waals surface area contributed by atoms with Gasteiger partial charge in [0, 0.05) is 51.8 Å². The molecule has 1 atom stereocenters. The van der Waals surface area contributed by atoms with Crippen molar-refractivity contribution in [3.8, 4) is 0 Å². The molecule has 0 aliphatic carbocycles. The zero-order valence-electron chi connectivity index (χ0n) is 22.0. The lowest BCUT2D eigenvalue weighted by atomic mass is 10.1. The minimum Gasteiger partial charge on any atom is -0.378 e. The molecule has 0 bridgehead atoms. The molecule has 1 heterocycles. The van der Waals surface area contributed by atoms with E-state index >= 15 is 0 Å². The average Bonchev–Trinajstić information content (AvgIpc) is 3.12. The van der Waals surface area contributed by atoms with Crippen LogP contribution in [0.2, 0.25) is 0 Å². The van der Waals surface area contributed by atoms with Gasteiger partial charge in [0.25, 0.3) is 5.91 Å². The number of benzene rings is 3. The third-order valence-corrected chi connectivity index (χ3v) is 6.54. The van der Waals surface area contributed by atoms with Crippen LogP contribution in [-0.2, 0) is 16.0 Å². The van der Waals surface area contributed by atoms with Crippen molar-refractivity contribution in [1.82, 2.24) is 4.90 Å². The lowest BCUT2D eigenvalue weighted by Gasteiger charge is -2.22. The van der Waals surface area contributed by atoms with Crippen LogP contribution in [0.3, 0.4) is 0 Å². The van der Waals surface area contributed by atoms with E-state index < -0.39 is 23.8 Å². The summed E-state index contributed by atoms with van der Waals surface area (Å²) < 4.78 is 13.5. The summed E-state index contributed by atoms with van der Waals surface area (Å²) in [5.41, 5.74) is 3.90. The minimum atomic E-state index is -0.977. The topological polar surface area (TPSA) is 76.2 Å². The lowest BCUT2D eigenvalue weighted by Crippen LogP contribution is -2.39. The Labute approximate surface area is 222 Å². The number of carbonyl (C=O) groups is 3. The molecule has 3 aromatic rings.